The predicted molar refractivity (Wildman–Crippen MR) is 59.6 cm³/mol. The molecule has 0 spiro atoms. The summed E-state index contributed by atoms with van der Waals surface area (Å²) < 4.78 is 2.94. The van der Waals surface area contributed by atoms with Gasteiger partial charge in [0, 0.05) is 0 Å². The minimum absolute atomic E-state index is 1.27. The molecule has 0 aliphatic heterocycles. The Bertz CT molecular complexity index is 233. The largest absolute Gasteiger partial charge is 0.0594 e. The fourth-order valence-electron chi connectivity index (χ4n) is 1.62. The molecule has 0 heterocycles. The molecule has 12 heavy (non-hydrogen) atoms. The van der Waals surface area contributed by atoms with Crippen LogP contribution in [-0.2, 0) is 0 Å². The van der Waals surface area contributed by atoms with Crippen molar-refractivity contribution >= 4 is 31.9 Å². The van der Waals surface area contributed by atoms with Gasteiger partial charge in [0.05, 0.1) is 0 Å². The van der Waals surface area contributed by atoms with Crippen LogP contribution >= 0.6 is 31.9 Å². The van der Waals surface area contributed by atoms with E-state index in [1.54, 1.807) is 11.1 Å². The van der Waals surface area contributed by atoms with Crippen molar-refractivity contribution in [2.45, 2.75) is 38.5 Å². The van der Waals surface area contributed by atoms with Crippen LogP contribution in [0, 0.1) is 0 Å². The first-order valence-corrected chi connectivity index (χ1v) is 6.09. The second kappa shape index (κ2) is 3.67. The maximum atomic E-state index is 3.58. The topological polar surface area (TPSA) is 0 Å². The molecule has 2 aliphatic carbocycles. The van der Waals surface area contributed by atoms with Crippen LogP contribution in [0.1, 0.15) is 38.5 Å². The van der Waals surface area contributed by atoms with Crippen molar-refractivity contribution in [1.82, 2.24) is 0 Å². The van der Waals surface area contributed by atoms with E-state index in [2.05, 4.69) is 31.9 Å². The van der Waals surface area contributed by atoms with Crippen molar-refractivity contribution in [3.63, 3.8) is 0 Å². The lowest BCUT2D eigenvalue weighted by Gasteiger charge is -2.23. The fourth-order valence-corrected chi connectivity index (χ4v) is 2.81. The van der Waals surface area contributed by atoms with Crippen molar-refractivity contribution in [3.05, 3.63) is 20.1 Å². The lowest BCUT2D eigenvalue weighted by molar-refractivity contribution is 0.714. The Morgan fingerprint density at radius 2 is 1.17 bits per heavy atom. The number of rotatable bonds is 3. The molecule has 0 nitrogen and oxygen atoms in total. The van der Waals surface area contributed by atoms with Crippen LogP contribution in [0.25, 0.3) is 0 Å². The molecule has 0 aromatic heterocycles. The zero-order chi connectivity index (χ0) is 8.55. The molecule has 0 aromatic carbocycles. The first kappa shape index (κ1) is 9.01. The molecule has 0 aromatic rings. The van der Waals surface area contributed by atoms with Crippen LogP contribution in [0.5, 0.6) is 0 Å². The van der Waals surface area contributed by atoms with E-state index in [1.807, 2.05) is 0 Å². The fraction of sp³-hybridized carbons (Fsp3) is 0.600. The number of halogens is 2. The predicted octanol–water partition coefficient (Wildman–Crippen LogP) is 4.65. The van der Waals surface area contributed by atoms with Gasteiger partial charge in [0.25, 0.3) is 0 Å². The van der Waals surface area contributed by atoms with Gasteiger partial charge in [-0.25, -0.2) is 0 Å². The summed E-state index contributed by atoms with van der Waals surface area (Å²) in [5.74, 6) is 0. The van der Waals surface area contributed by atoms with Gasteiger partial charge in [0.1, 0.15) is 0 Å². The first-order chi connectivity index (χ1) is 5.77. The lowest BCUT2D eigenvalue weighted by Crippen LogP contribution is -2.03. The van der Waals surface area contributed by atoms with Crippen LogP contribution < -0.4 is 0 Å². The van der Waals surface area contributed by atoms with Crippen molar-refractivity contribution < 1.29 is 0 Å². The van der Waals surface area contributed by atoms with E-state index in [0.717, 1.165) is 0 Å². The molecule has 0 saturated carbocycles. The molecule has 0 atom stereocenters. The minimum atomic E-state index is 1.27. The van der Waals surface area contributed by atoms with Gasteiger partial charge in [0.15, 0.2) is 0 Å². The van der Waals surface area contributed by atoms with Gasteiger partial charge < -0.3 is 0 Å². The molecule has 66 valence electrons. The maximum absolute atomic E-state index is 3.58. The molecule has 0 fully saturated rings. The molecule has 2 rings (SSSR count). The van der Waals surface area contributed by atoms with Crippen molar-refractivity contribution in [2.24, 2.45) is 0 Å². The summed E-state index contributed by atoms with van der Waals surface area (Å²) in [5.41, 5.74) is 3.30. The Morgan fingerprint density at radius 3 is 1.33 bits per heavy atom. The Morgan fingerprint density at radius 1 is 0.750 bits per heavy atom. The second-order valence-electron chi connectivity index (χ2n) is 3.52. The van der Waals surface area contributed by atoms with E-state index in [-0.39, 0.29) is 0 Å². The van der Waals surface area contributed by atoms with Crippen LogP contribution in [0.2, 0.25) is 0 Å². The van der Waals surface area contributed by atoms with E-state index < -0.39 is 0 Å². The van der Waals surface area contributed by atoms with Gasteiger partial charge in [-0.1, -0.05) is 43.0 Å². The lowest BCUT2D eigenvalue weighted by atomic mass is 9.88. The highest BCUT2D eigenvalue weighted by atomic mass is 79.9. The third kappa shape index (κ3) is 1.69. The van der Waals surface area contributed by atoms with E-state index >= 15 is 0 Å². The van der Waals surface area contributed by atoms with E-state index in [9.17, 15) is 0 Å². The Hall–Kier alpha value is 0.440. The first-order valence-electron chi connectivity index (χ1n) is 4.50. The van der Waals surface area contributed by atoms with Crippen LogP contribution in [-0.4, -0.2) is 0 Å². The second-order valence-corrected chi connectivity index (χ2v) is 5.43. The average molecular weight is 292 g/mol. The van der Waals surface area contributed by atoms with Gasteiger partial charge in [-0.15, -0.1) is 0 Å². The smallest absolute Gasteiger partial charge is 0.00539 e. The highest BCUT2D eigenvalue weighted by Gasteiger charge is 2.18. The maximum Gasteiger partial charge on any atom is -0.00539 e. The highest BCUT2D eigenvalue weighted by Crippen LogP contribution is 2.40. The zero-order valence-electron chi connectivity index (χ0n) is 7.00. The van der Waals surface area contributed by atoms with Crippen molar-refractivity contribution in [1.29, 1.82) is 0 Å². The van der Waals surface area contributed by atoms with Gasteiger partial charge in [-0.2, -0.15) is 0 Å². The number of allylic oxidation sites excluding steroid dienone is 4. The monoisotopic (exact) mass is 290 g/mol. The molecule has 0 unspecified atom stereocenters. The molecule has 2 heteroatoms. The normalized spacial score (nSPS) is 22.5. The zero-order valence-corrected chi connectivity index (χ0v) is 10.2. The summed E-state index contributed by atoms with van der Waals surface area (Å²) in [5, 5.41) is 0. The van der Waals surface area contributed by atoms with Gasteiger partial charge in [-0.3, -0.25) is 0 Å². The average Bonchev–Trinajstić information content (AvgIpc) is 2.06. The van der Waals surface area contributed by atoms with E-state index in [4.69, 9.17) is 0 Å². The molecule has 0 bridgehead atoms. The van der Waals surface area contributed by atoms with Crippen molar-refractivity contribution in [3.8, 4) is 0 Å². The summed E-state index contributed by atoms with van der Waals surface area (Å²) in [6.45, 7) is 0. The molecule has 0 amide bonds. The Balaban J connectivity index is 1.83. The van der Waals surface area contributed by atoms with E-state index in [1.165, 1.54) is 47.5 Å². The van der Waals surface area contributed by atoms with Crippen LogP contribution in [0.15, 0.2) is 20.1 Å². The third-order valence-electron chi connectivity index (χ3n) is 2.79. The SMILES string of the molecule is BrC1=C(CCC2=C(Br)CC2)CC1. The van der Waals surface area contributed by atoms with Gasteiger partial charge in [0.2, 0.25) is 0 Å². The molecule has 0 N–H and O–H groups in total. The summed E-state index contributed by atoms with van der Waals surface area (Å²) in [7, 11) is 0. The third-order valence-corrected chi connectivity index (χ3v) is 4.70. The van der Waals surface area contributed by atoms with Crippen LogP contribution in [0.4, 0.5) is 0 Å². The molecule has 0 saturated heterocycles. The Labute approximate surface area is 90.4 Å². The molecular formula is C10H12Br2. The molecule has 2 aliphatic rings. The van der Waals surface area contributed by atoms with Crippen LogP contribution in [0.3, 0.4) is 0 Å². The summed E-state index contributed by atoms with van der Waals surface area (Å²) in [4.78, 5) is 0. The molecular weight excluding hydrogens is 280 g/mol. The summed E-state index contributed by atoms with van der Waals surface area (Å²) in [6.07, 6.45) is 7.76. The van der Waals surface area contributed by atoms with Gasteiger partial charge >= 0.3 is 0 Å². The quantitative estimate of drug-likeness (QED) is 0.710. The number of hydrogen-bond donors (Lipinski definition) is 0. The standard InChI is InChI=1S/C10H12Br2/c11-9-5-3-7(9)1-2-8-4-6-10(8)12/h1-6H2. The highest BCUT2D eigenvalue weighted by molar-refractivity contribution is 9.12. The van der Waals surface area contributed by atoms with E-state index in [0.29, 0.717) is 0 Å². The Kier molecular flexibility index (Phi) is 2.75. The minimum Gasteiger partial charge on any atom is -0.0594 e. The number of hydrogen-bond acceptors (Lipinski definition) is 0. The molecule has 0 radical (unpaired) electrons. The van der Waals surface area contributed by atoms with Crippen molar-refractivity contribution in [2.75, 3.05) is 0 Å². The summed E-state index contributed by atoms with van der Waals surface area (Å²) in [6, 6.07) is 0. The van der Waals surface area contributed by atoms with Gasteiger partial charge in [-0.05, 0) is 47.5 Å². The summed E-state index contributed by atoms with van der Waals surface area (Å²) >= 11 is 7.17.